The molecule has 1 amide bonds. The molecule has 0 radical (unpaired) electrons. The van der Waals surface area contributed by atoms with Crippen molar-refractivity contribution in [3.8, 4) is 5.69 Å². The van der Waals surface area contributed by atoms with Crippen LogP contribution in [0, 0.1) is 5.82 Å². The Morgan fingerprint density at radius 2 is 1.87 bits per heavy atom. The number of fused-ring (bicyclic) bond motifs is 3. The molecule has 2 aromatic carbocycles. The number of hydrogen-bond donors (Lipinski definition) is 2. The number of amides is 1. The zero-order chi connectivity index (χ0) is 33.2. The van der Waals surface area contributed by atoms with Gasteiger partial charge in [-0.25, -0.2) is 4.39 Å². The van der Waals surface area contributed by atoms with E-state index in [1.54, 1.807) is 29.9 Å². The molecule has 4 atom stereocenters. The Bertz CT molecular complexity index is 1970. The molecule has 2 bridgehead atoms. The first-order chi connectivity index (χ1) is 22.4. The first kappa shape index (κ1) is 31.4. The standard InChI is InChI=1S/C34H38FN8O3P/c1-34(2,3)20-11-19-15-36-43(33(46)31(19)25(35)12-20)27-8-6-7-23(24(27)18-44)28-14-26(32(45)41(5)47-28)37-29-9-10-30(39-38-29)42-17-21-13-22(42)16-40(21)4/h6-12,14-15,21-22,28,44,47H,13,16-18H2,1-5H3,(H,37,38)/t21-,22-,28?/m0/s1. The molecule has 2 N–H and O–H groups in total. The van der Waals surface area contributed by atoms with Crippen molar-refractivity contribution < 1.29 is 14.3 Å². The van der Waals surface area contributed by atoms with E-state index in [0.717, 1.165) is 41.1 Å². The van der Waals surface area contributed by atoms with E-state index in [9.17, 15) is 14.7 Å². The van der Waals surface area contributed by atoms with E-state index in [0.29, 0.717) is 40.2 Å². The van der Waals surface area contributed by atoms with Crippen molar-refractivity contribution in [2.75, 3.05) is 37.4 Å². The second-order valence-electron chi connectivity index (χ2n) is 13.6. The summed E-state index contributed by atoms with van der Waals surface area (Å²) in [6, 6.07) is 13.3. The number of likely N-dealkylation sites (tertiary alicyclic amines) is 1. The summed E-state index contributed by atoms with van der Waals surface area (Å²) < 4.78 is 18.2. The summed E-state index contributed by atoms with van der Waals surface area (Å²) in [6.45, 7) is 7.50. The highest BCUT2D eigenvalue weighted by Gasteiger charge is 2.42. The molecule has 3 aliphatic heterocycles. The summed E-state index contributed by atoms with van der Waals surface area (Å²) in [6.07, 6.45) is 4.44. The van der Waals surface area contributed by atoms with Crippen LogP contribution in [0.2, 0.25) is 0 Å². The molecule has 11 nitrogen and oxygen atoms in total. The van der Waals surface area contributed by atoms with E-state index >= 15 is 4.39 Å². The average Bonchev–Trinajstić information content (AvgIpc) is 3.62. The van der Waals surface area contributed by atoms with E-state index < -0.39 is 11.4 Å². The lowest BCUT2D eigenvalue weighted by molar-refractivity contribution is -0.121. The number of nitrogens with zero attached hydrogens (tertiary/aromatic N) is 7. The van der Waals surface area contributed by atoms with E-state index in [1.165, 1.54) is 12.3 Å². The van der Waals surface area contributed by atoms with Crippen molar-refractivity contribution in [3.63, 3.8) is 0 Å². The van der Waals surface area contributed by atoms with Crippen LogP contribution in [-0.4, -0.2) is 79.8 Å². The van der Waals surface area contributed by atoms with Gasteiger partial charge < -0.3 is 20.0 Å². The molecule has 7 rings (SSSR count). The van der Waals surface area contributed by atoms with Gasteiger partial charge in [0.2, 0.25) is 0 Å². The second kappa shape index (κ2) is 11.8. The molecule has 47 heavy (non-hydrogen) atoms. The summed E-state index contributed by atoms with van der Waals surface area (Å²) in [5.41, 5.74) is 1.45. The number of likely N-dealkylation sites (N-methyl/N-ethyl adjacent to an activating group) is 2. The van der Waals surface area contributed by atoms with Crippen molar-refractivity contribution in [1.29, 1.82) is 0 Å². The van der Waals surface area contributed by atoms with Crippen LogP contribution in [0.15, 0.2) is 65.2 Å². The summed E-state index contributed by atoms with van der Waals surface area (Å²) in [7, 11) is 3.92. The predicted molar refractivity (Wildman–Crippen MR) is 182 cm³/mol. The lowest BCUT2D eigenvalue weighted by Gasteiger charge is -2.32. The number of halogens is 1. The van der Waals surface area contributed by atoms with Gasteiger partial charge in [0, 0.05) is 48.8 Å². The molecular weight excluding hydrogens is 618 g/mol. The molecule has 2 unspecified atom stereocenters. The van der Waals surface area contributed by atoms with E-state index in [4.69, 9.17) is 0 Å². The van der Waals surface area contributed by atoms with Crippen molar-refractivity contribution in [1.82, 2.24) is 29.5 Å². The van der Waals surface area contributed by atoms with Gasteiger partial charge in [-0.1, -0.05) is 32.9 Å². The number of piperazine rings is 1. The highest BCUT2D eigenvalue weighted by atomic mass is 31.1. The van der Waals surface area contributed by atoms with Crippen LogP contribution >= 0.6 is 8.73 Å². The fourth-order valence-corrected chi connectivity index (χ4v) is 8.21. The number of aromatic nitrogens is 4. The molecule has 2 aromatic heterocycles. The molecule has 0 aliphatic carbocycles. The Kier molecular flexibility index (Phi) is 7.85. The van der Waals surface area contributed by atoms with Crippen molar-refractivity contribution in [2.24, 2.45) is 0 Å². The fraction of sp³-hybridized carbons (Fsp3) is 0.382. The largest absolute Gasteiger partial charge is 0.392 e. The maximum Gasteiger partial charge on any atom is 0.282 e. The quantitative estimate of drug-likeness (QED) is 0.296. The molecule has 4 aromatic rings. The van der Waals surface area contributed by atoms with Crippen molar-refractivity contribution in [2.45, 2.75) is 57.0 Å². The van der Waals surface area contributed by atoms with E-state index in [2.05, 4.69) is 37.5 Å². The van der Waals surface area contributed by atoms with Gasteiger partial charge in [-0.05, 0) is 75.1 Å². The number of anilines is 2. The second-order valence-corrected chi connectivity index (χ2v) is 15.2. The number of benzene rings is 2. The maximum atomic E-state index is 15.4. The van der Waals surface area contributed by atoms with Crippen molar-refractivity contribution in [3.05, 3.63) is 93.3 Å². The van der Waals surface area contributed by atoms with Gasteiger partial charge in [0.1, 0.15) is 11.5 Å². The Morgan fingerprint density at radius 3 is 2.53 bits per heavy atom. The minimum absolute atomic E-state index is 0.0392. The molecule has 13 heteroatoms. The number of allylic oxidation sites excluding steroid dienone is 1. The average molecular weight is 657 g/mol. The van der Waals surface area contributed by atoms with Gasteiger partial charge in [-0.2, -0.15) is 9.78 Å². The lowest BCUT2D eigenvalue weighted by atomic mass is 9.86. The van der Waals surface area contributed by atoms with Crippen LogP contribution in [0.5, 0.6) is 0 Å². The zero-order valence-corrected chi connectivity index (χ0v) is 28.0. The summed E-state index contributed by atoms with van der Waals surface area (Å²) in [5, 5.41) is 27.4. The first-order valence-corrected chi connectivity index (χ1v) is 16.7. The number of nitrogens with one attached hydrogen (secondary N) is 1. The normalized spacial score (nSPS) is 22.1. The van der Waals surface area contributed by atoms with Gasteiger partial charge in [-0.15, -0.1) is 10.2 Å². The van der Waals surface area contributed by atoms with Gasteiger partial charge in [-0.3, -0.25) is 14.5 Å². The Morgan fingerprint density at radius 1 is 1.06 bits per heavy atom. The third kappa shape index (κ3) is 5.58. The number of rotatable bonds is 6. The molecule has 244 valence electrons. The van der Waals surface area contributed by atoms with Crippen LogP contribution in [0.25, 0.3) is 16.5 Å². The lowest BCUT2D eigenvalue weighted by Crippen LogP contribution is -2.44. The van der Waals surface area contributed by atoms with Gasteiger partial charge >= 0.3 is 0 Å². The fourth-order valence-electron chi connectivity index (χ4n) is 6.90. The number of carbonyl (C=O) groups excluding carboxylic acids is 1. The topological polar surface area (TPSA) is 120 Å². The number of carbonyl (C=O) groups is 1. The highest BCUT2D eigenvalue weighted by Crippen LogP contribution is 2.45. The van der Waals surface area contributed by atoms with E-state index in [-0.39, 0.29) is 37.7 Å². The molecular formula is C34H38FN8O3P. The zero-order valence-electron chi connectivity index (χ0n) is 27.0. The van der Waals surface area contributed by atoms with Crippen LogP contribution < -0.4 is 15.8 Å². The molecule has 5 heterocycles. The Hall–Kier alpha value is -4.25. The summed E-state index contributed by atoms with van der Waals surface area (Å²) in [4.78, 5) is 31.6. The minimum Gasteiger partial charge on any atom is -0.392 e. The van der Waals surface area contributed by atoms with Crippen LogP contribution in [0.3, 0.4) is 0 Å². The molecule has 3 aliphatic rings. The summed E-state index contributed by atoms with van der Waals surface area (Å²) >= 11 is 0. The van der Waals surface area contributed by atoms with Crippen LogP contribution in [0.1, 0.15) is 49.5 Å². The molecule has 0 spiro atoms. The van der Waals surface area contributed by atoms with Crippen LogP contribution in [0.4, 0.5) is 16.0 Å². The van der Waals surface area contributed by atoms with Gasteiger partial charge in [0.25, 0.3) is 11.5 Å². The Labute approximate surface area is 273 Å². The Balaban J connectivity index is 1.20. The van der Waals surface area contributed by atoms with Crippen LogP contribution in [-0.2, 0) is 16.8 Å². The van der Waals surface area contributed by atoms with Gasteiger partial charge in [0.05, 0.1) is 23.9 Å². The SMILES string of the molecule is CN1PC(c2cccc(-n3ncc4cc(C(C)(C)C)cc(F)c4c3=O)c2CO)C=C(Nc2ccc(N3C[C@@H]4C[C@H]3CN4C)nn2)C1=O. The molecule has 2 saturated heterocycles. The maximum absolute atomic E-state index is 15.4. The molecule has 2 fully saturated rings. The number of aliphatic hydroxyl groups is 1. The highest BCUT2D eigenvalue weighted by molar-refractivity contribution is 7.37. The van der Waals surface area contributed by atoms with Gasteiger partial charge in [0.15, 0.2) is 11.6 Å². The molecule has 0 saturated carbocycles. The third-order valence-corrected chi connectivity index (χ3v) is 10.9. The predicted octanol–water partition coefficient (Wildman–Crippen LogP) is 4.10. The number of hydrogen-bond acceptors (Lipinski definition) is 9. The third-order valence-electron chi connectivity index (χ3n) is 9.54. The minimum atomic E-state index is -0.612. The van der Waals surface area contributed by atoms with E-state index in [1.807, 2.05) is 45.0 Å². The first-order valence-electron chi connectivity index (χ1n) is 15.7. The number of aliphatic hydroxyl groups excluding tert-OH is 1. The monoisotopic (exact) mass is 656 g/mol. The summed E-state index contributed by atoms with van der Waals surface area (Å²) in [5.74, 6) is 0.476. The van der Waals surface area contributed by atoms with Crippen molar-refractivity contribution >= 4 is 37.0 Å². The smallest absolute Gasteiger partial charge is 0.282 e.